The average molecular weight is 199 g/mol. The van der Waals surface area contributed by atoms with Crippen molar-refractivity contribution >= 4 is 0 Å². The SMILES string of the molecule is CC(C)OC(C)(C)CC1CCN(C)C1. The standard InChI is InChI=1S/C12H25NO/c1-10(2)14-12(3,4)8-11-6-7-13(5)9-11/h10-11H,6-9H2,1-5H3. The van der Waals surface area contributed by atoms with Gasteiger partial charge in [0.1, 0.15) is 0 Å². The lowest BCUT2D eigenvalue weighted by Crippen LogP contribution is -2.31. The first-order valence-electron chi connectivity index (χ1n) is 5.75. The zero-order chi connectivity index (χ0) is 10.8. The van der Waals surface area contributed by atoms with Crippen LogP contribution in [-0.2, 0) is 4.74 Å². The maximum Gasteiger partial charge on any atom is 0.0633 e. The van der Waals surface area contributed by atoms with Gasteiger partial charge < -0.3 is 9.64 Å². The highest BCUT2D eigenvalue weighted by molar-refractivity contribution is 4.81. The van der Waals surface area contributed by atoms with Crippen LogP contribution in [0.4, 0.5) is 0 Å². The van der Waals surface area contributed by atoms with Crippen LogP contribution >= 0.6 is 0 Å². The van der Waals surface area contributed by atoms with E-state index in [0.717, 1.165) is 5.92 Å². The first-order valence-corrected chi connectivity index (χ1v) is 5.75. The smallest absolute Gasteiger partial charge is 0.0633 e. The van der Waals surface area contributed by atoms with Crippen LogP contribution in [-0.4, -0.2) is 36.7 Å². The zero-order valence-electron chi connectivity index (χ0n) is 10.3. The molecule has 1 atom stereocenters. The van der Waals surface area contributed by atoms with Crippen molar-refractivity contribution in [2.45, 2.75) is 52.2 Å². The molecule has 0 amide bonds. The second-order valence-electron chi connectivity index (χ2n) is 5.55. The van der Waals surface area contributed by atoms with Crippen molar-refractivity contribution in [2.75, 3.05) is 20.1 Å². The fourth-order valence-electron chi connectivity index (χ4n) is 2.57. The van der Waals surface area contributed by atoms with Crippen LogP contribution in [0.5, 0.6) is 0 Å². The molecule has 1 rings (SSSR count). The lowest BCUT2D eigenvalue weighted by molar-refractivity contribution is -0.0681. The molecule has 0 aromatic carbocycles. The van der Waals surface area contributed by atoms with E-state index in [1.54, 1.807) is 0 Å². The second-order valence-corrected chi connectivity index (χ2v) is 5.55. The summed E-state index contributed by atoms with van der Waals surface area (Å²) in [6.45, 7) is 11.1. The van der Waals surface area contributed by atoms with Crippen molar-refractivity contribution < 1.29 is 4.74 Å². The van der Waals surface area contributed by atoms with E-state index in [-0.39, 0.29) is 5.60 Å². The van der Waals surface area contributed by atoms with Crippen molar-refractivity contribution in [1.29, 1.82) is 0 Å². The number of likely N-dealkylation sites (tertiary alicyclic amines) is 1. The Hall–Kier alpha value is -0.0800. The van der Waals surface area contributed by atoms with Crippen molar-refractivity contribution in [3.63, 3.8) is 0 Å². The molecular weight excluding hydrogens is 174 g/mol. The Bertz CT molecular complexity index is 177. The molecule has 0 bridgehead atoms. The molecule has 1 saturated heterocycles. The molecule has 1 heterocycles. The van der Waals surface area contributed by atoms with Crippen LogP contribution in [0, 0.1) is 5.92 Å². The highest BCUT2D eigenvalue weighted by Crippen LogP contribution is 2.27. The lowest BCUT2D eigenvalue weighted by atomic mass is 9.92. The molecule has 0 aromatic heterocycles. The van der Waals surface area contributed by atoms with E-state index in [1.165, 1.54) is 25.9 Å². The molecule has 0 spiro atoms. The highest BCUT2D eigenvalue weighted by atomic mass is 16.5. The Morgan fingerprint density at radius 1 is 1.43 bits per heavy atom. The molecule has 14 heavy (non-hydrogen) atoms. The van der Waals surface area contributed by atoms with E-state index in [1.807, 2.05) is 0 Å². The topological polar surface area (TPSA) is 12.5 Å². The molecule has 2 nitrogen and oxygen atoms in total. The summed E-state index contributed by atoms with van der Waals surface area (Å²) in [4.78, 5) is 2.41. The molecule has 0 aromatic rings. The second kappa shape index (κ2) is 4.63. The van der Waals surface area contributed by atoms with Crippen LogP contribution in [0.2, 0.25) is 0 Å². The molecule has 1 fully saturated rings. The average Bonchev–Trinajstić information content (AvgIpc) is 2.30. The normalized spacial score (nSPS) is 24.9. The molecule has 84 valence electrons. The van der Waals surface area contributed by atoms with Gasteiger partial charge >= 0.3 is 0 Å². The van der Waals surface area contributed by atoms with E-state index in [9.17, 15) is 0 Å². The Morgan fingerprint density at radius 3 is 2.50 bits per heavy atom. The Balaban J connectivity index is 2.34. The molecular formula is C12H25NO. The number of ether oxygens (including phenoxy) is 1. The summed E-state index contributed by atoms with van der Waals surface area (Å²) in [6, 6.07) is 0. The van der Waals surface area contributed by atoms with Gasteiger partial charge in [-0.05, 0) is 60.0 Å². The molecule has 0 N–H and O–H groups in total. The Morgan fingerprint density at radius 2 is 2.07 bits per heavy atom. The minimum atomic E-state index is 0.0456. The predicted molar refractivity (Wildman–Crippen MR) is 60.5 cm³/mol. The van der Waals surface area contributed by atoms with Crippen molar-refractivity contribution in [3.05, 3.63) is 0 Å². The van der Waals surface area contributed by atoms with Gasteiger partial charge in [-0.15, -0.1) is 0 Å². The Labute approximate surface area is 88.6 Å². The van der Waals surface area contributed by atoms with Crippen LogP contribution in [0.25, 0.3) is 0 Å². The van der Waals surface area contributed by atoms with Crippen molar-refractivity contribution in [1.82, 2.24) is 4.90 Å². The van der Waals surface area contributed by atoms with E-state index < -0.39 is 0 Å². The Kier molecular flexibility index (Phi) is 3.96. The first kappa shape index (κ1) is 12.0. The van der Waals surface area contributed by atoms with E-state index in [2.05, 4.69) is 39.6 Å². The van der Waals surface area contributed by atoms with Gasteiger partial charge in [0, 0.05) is 6.54 Å². The number of hydrogen-bond acceptors (Lipinski definition) is 2. The largest absolute Gasteiger partial charge is 0.373 e. The molecule has 1 aliphatic heterocycles. The summed E-state index contributed by atoms with van der Waals surface area (Å²) < 4.78 is 5.92. The van der Waals surface area contributed by atoms with Crippen LogP contribution in [0.15, 0.2) is 0 Å². The highest BCUT2D eigenvalue weighted by Gasteiger charge is 2.28. The van der Waals surface area contributed by atoms with E-state index >= 15 is 0 Å². The number of nitrogens with zero attached hydrogens (tertiary/aromatic N) is 1. The van der Waals surface area contributed by atoms with Gasteiger partial charge in [-0.3, -0.25) is 0 Å². The van der Waals surface area contributed by atoms with Crippen molar-refractivity contribution in [2.24, 2.45) is 5.92 Å². The molecule has 2 heteroatoms. The lowest BCUT2D eigenvalue weighted by Gasteiger charge is -2.30. The van der Waals surface area contributed by atoms with Gasteiger partial charge in [-0.2, -0.15) is 0 Å². The third-order valence-electron chi connectivity index (χ3n) is 2.82. The van der Waals surface area contributed by atoms with Crippen LogP contribution in [0.1, 0.15) is 40.5 Å². The predicted octanol–water partition coefficient (Wildman–Crippen LogP) is 2.53. The molecule has 1 aliphatic rings. The third-order valence-corrected chi connectivity index (χ3v) is 2.82. The summed E-state index contributed by atoms with van der Waals surface area (Å²) in [5.74, 6) is 0.828. The monoisotopic (exact) mass is 199 g/mol. The van der Waals surface area contributed by atoms with Gasteiger partial charge in [0.2, 0.25) is 0 Å². The molecule has 0 saturated carbocycles. The van der Waals surface area contributed by atoms with Gasteiger partial charge in [-0.1, -0.05) is 0 Å². The number of hydrogen-bond donors (Lipinski definition) is 0. The first-order chi connectivity index (χ1) is 6.39. The number of rotatable bonds is 4. The maximum atomic E-state index is 5.92. The minimum absolute atomic E-state index is 0.0456. The van der Waals surface area contributed by atoms with Gasteiger partial charge in [-0.25, -0.2) is 0 Å². The summed E-state index contributed by atoms with van der Waals surface area (Å²) in [5.41, 5.74) is 0.0456. The van der Waals surface area contributed by atoms with Gasteiger partial charge in [0.05, 0.1) is 11.7 Å². The van der Waals surface area contributed by atoms with E-state index in [0.29, 0.717) is 6.10 Å². The van der Waals surface area contributed by atoms with Gasteiger partial charge in [0.25, 0.3) is 0 Å². The summed E-state index contributed by atoms with van der Waals surface area (Å²) in [5, 5.41) is 0. The van der Waals surface area contributed by atoms with Crippen molar-refractivity contribution in [3.8, 4) is 0 Å². The quantitative estimate of drug-likeness (QED) is 0.690. The minimum Gasteiger partial charge on any atom is -0.373 e. The summed E-state index contributed by atoms with van der Waals surface area (Å²) >= 11 is 0. The van der Waals surface area contributed by atoms with Crippen LogP contribution in [0.3, 0.4) is 0 Å². The molecule has 0 aliphatic carbocycles. The van der Waals surface area contributed by atoms with Gasteiger partial charge in [0.15, 0.2) is 0 Å². The summed E-state index contributed by atoms with van der Waals surface area (Å²) in [7, 11) is 2.20. The fraction of sp³-hybridized carbons (Fsp3) is 1.00. The fourth-order valence-corrected chi connectivity index (χ4v) is 2.57. The summed E-state index contributed by atoms with van der Waals surface area (Å²) in [6.07, 6.45) is 2.86. The molecule has 0 radical (unpaired) electrons. The zero-order valence-corrected chi connectivity index (χ0v) is 10.3. The third kappa shape index (κ3) is 3.97. The maximum absolute atomic E-state index is 5.92. The van der Waals surface area contributed by atoms with E-state index in [4.69, 9.17) is 4.74 Å². The molecule has 1 unspecified atom stereocenters. The van der Waals surface area contributed by atoms with Crippen LogP contribution < -0.4 is 0 Å².